The van der Waals surface area contributed by atoms with Crippen molar-refractivity contribution in [1.82, 2.24) is 4.57 Å². The molecule has 0 bridgehead atoms. The molecule has 2 aromatic rings. The smallest absolute Gasteiger partial charge is 0.381 e. The van der Waals surface area contributed by atoms with Crippen LogP contribution in [0.25, 0.3) is 0 Å². The number of alkyl halides is 3. The van der Waals surface area contributed by atoms with Crippen molar-refractivity contribution in [1.29, 1.82) is 10.8 Å². The van der Waals surface area contributed by atoms with Gasteiger partial charge >= 0.3 is 6.18 Å². The summed E-state index contributed by atoms with van der Waals surface area (Å²) in [5, 5.41) is 19.8. The summed E-state index contributed by atoms with van der Waals surface area (Å²) in [5.41, 5.74) is 0.0433. The van der Waals surface area contributed by atoms with Crippen molar-refractivity contribution in [3.63, 3.8) is 0 Å². The Kier molecular flexibility index (Phi) is 5.88. The van der Waals surface area contributed by atoms with Gasteiger partial charge in [-0.15, -0.1) is 0 Å². The highest BCUT2D eigenvalue weighted by Gasteiger charge is 2.30. The summed E-state index contributed by atoms with van der Waals surface area (Å²) in [6, 6.07) is 8.16. The Morgan fingerprint density at radius 1 is 1.14 bits per heavy atom. The van der Waals surface area contributed by atoms with Gasteiger partial charge < -0.3 is 10.1 Å². The van der Waals surface area contributed by atoms with Crippen LogP contribution >= 0.6 is 0 Å². The van der Waals surface area contributed by atoms with Gasteiger partial charge in [-0.3, -0.25) is 15.4 Å². The highest BCUT2D eigenvalue weighted by molar-refractivity contribution is 5.98. The lowest BCUT2D eigenvalue weighted by Gasteiger charge is -2.29. The van der Waals surface area contributed by atoms with Gasteiger partial charge in [0.25, 0.3) is 0 Å². The molecule has 0 radical (unpaired) electrons. The third-order valence-corrected chi connectivity index (χ3v) is 5.03. The third-order valence-electron chi connectivity index (χ3n) is 5.03. The van der Waals surface area contributed by atoms with Crippen LogP contribution in [0.2, 0.25) is 0 Å². The van der Waals surface area contributed by atoms with Gasteiger partial charge in [0, 0.05) is 24.9 Å². The molecule has 0 atom stereocenters. The predicted molar refractivity (Wildman–Crippen MR) is 101 cm³/mol. The van der Waals surface area contributed by atoms with E-state index in [-0.39, 0.29) is 29.0 Å². The number of rotatable bonds is 4. The van der Waals surface area contributed by atoms with Gasteiger partial charge in [0.1, 0.15) is 11.3 Å². The van der Waals surface area contributed by atoms with E-state index in [1.165, 1.54) is 22.8 Å². The minimum atomic E-state index is -4.48. The van der Waals surface area contributed by atoms with Crippen LogP contribution in [0.3, 0.4) is 0 Å². The van der Waals surface area contributed by atoms with Gasteiger partial charge in [-0.25, -0.2) is 0 Å². The summed E-state index contributed by atoms with van der Waals surface area (Å²) < 4.78 is 45.5. The monoisotopic (exact) mass is 392 g/mol. The molecule has 1 saturated carbocycles. The lowest BCUT2D eigenvalue weighted by atomic mass is 9.93. The lowest BCUT2D eigenvalue weighted by Crippen LogP contribution is -2.31. The number of aromatic nitrogens is 1. The minimum Gasteiger partial charge on any atom is -0.381 e. The molecule has 1 aliphatic rings. The summed E-state index contributed by atoms with van der Waals surface area (Å²) in [7, 11) is 1.72. The Hall–Kier alpha value is -2.61. The van der Waals surface area contributed by atoms with Crippen LogP contribution in [0.5, 0.6) is 0 Å². The molecule has 0 saturated heterocycles. The lowest BCUT2D eigenvalue weighted by molar-refractivity contribution is -0.137. The van der Waals surface area contributed by atoms with E-state index in [1.807, 2.05) is 0 Å². The highest BCUT2D eigenvalue weighted by atomic mass is 19.4. The molecule has 5 nitrogen and oxygen atoms in total. The molecule has 1 aliphatic carbocycles. The van der Waals surface area contributed by atoms with Gasteiger partial charge in [0.05, 0.1) is 17.4 Å². The summed E-state index contributed by atoms with van der Waals surface area (Å²) in [5.74, 6) is -0.178. The first-order valence-electron chi connectivity index (χ1n) is 9.11. The summed E-state index contributed by atoms with van der Waals surface area (Å²) in [4.78, 5) is 0. The molecule has 150 valence electrons. The molecule has 1 aromatic heterocycles. The van der Waals surface area contributed by atoms with Gasteiger partial charge in [0.15, 0.2) is 0 Å². The maximum Gasteiger partial charge on any atom is 0.416 e. The van der Waals surface area contributed by atoms with E-state index in [1.54, 1.807) is 19.4 Å². The molecule has 0 amide bonds. The Morgan fingerprint density at radius 3 is 2.50 bits per heavy atom. The number of methoxy groups -OCH3 is 1. The number of hydrogen-bond donors (Lipinski definition) is 3. The molecule has 1 heterocycles. The van der Waals surface area contributed by atoms with E-state index in [4.69, 9.17) is 15.6 Å². The Morgan fingerprint density at radius 2 is 1.86 bits per heavy atom. The number of nitrogens with zero attached hydrogens (tertiary/aromatic N) is 1. The van der Waals surface area contributed by atoms with Crippen molar-refractivity contribution in [3.8, 4) is 0 Å². The minimum absolute atomic E-state index is 0.0241. The number of hydrogen-bond acceptors (Lipinski definition) is 4. The summed E-state index contributed by atoms with van der Waals surface area (Å²) in [6.07, 6.45) is 1.23. The molecule has 28 heavy (non-hydrogen) atoms. The fourth-order valence-electron chi connectivity index (χ4n) is 3.43. The van der Waals surface area contributed by atoms with Gasteiger partial charge in [-0.2, -0.15) is 13.2 Å². The van der Waals surface area contributed by atoms with Crippen molar-refractivity contribution in [2.45, 2.75) is 44.0 Å². The number of anilines is 1. The van der Waals surface area contributed by atoms with Crippen LogP contribution in [0.15, 0.2) is 42.6 Å². The van der Waals surface area contributed by atoms with E-state index in [0.717, 1.165) is 43.5 Å². The van der Waals surface area contributed by atoms with Crippen LogP contribution in [0, 0.1) is 10.8 Å². The van der Waals surface area contributed by atoms with Crippen LogP contribution in [0.1, 0.15) is 36.8 Å². The van der Waals surface area contributed by atoms with E-state index >= 15 is 0 Å². The summed E-state index contributed by atoms with van der Waals surface area (Å²) >= 11 is 0. The van der Waals surface area contributed by atoms with E-state index in [0.29, 0.717) is 0 Å². The fourth-order valence-corrected chi connectivity index (χ4v) is 3.43. The van der Waals surface area contributed by atoms with Crippen molar-refractivity contribution < 1.29 is 17.9 Å². The zero-order valence-corrected chi connectivity index (χ0v) is 15.5. The Balaban J connectivity index is 1.80. The summed E-state index contributed by atoms with van der Waals surface area (Å²) in [6.45, 7) is 0. The molecule has 0 aliphatic heterocycles. The molecule has 1 fully saturated rings. The van der Waals surface area contributed by atoms with Crippen LogP contribution in [-0.4, -0.2) is 29.7 Å². The van der Waals surface area contributed by atoms with Crippen LogP contribution < -0.4 is 10.8 Å². The van der Waals surface area contributed by atoms with Crippen molar-refractivity contribution in [2.75, 3.05) is 12.4 Å². The molecular formula is C20H23F3N4O. The molecule has 0 unspecified atom stereocenters. The van der Waals surface area contributed by atoms with Gasteiger partial charge in [-0.05, 0) is 49.9 Å². The number of halogens is 3. The molecule has 3 N–H and O–H groups in total. The highest BCUT2D eigenvalue weighted by Crippen LogP contribution is 2.29. The molecule has 1 aromatic carbocycles. The average Bonchev–Trinajstić information content (AvgIpc) is 2.69. The second-order valence-electron chi connectivity index (χ2n) is 6.95. The largest absolute Gasteiger partial charge is 0.416 e. The molecule has 3 rings (SSSR count). The zero-order valence-electron chi connectivity index (χ0n) is 15.5. The Labute approximate surface area is 161 Å². The van der Waals surface area contributed by atoms with E-state index in [9.17, 15) is 13.2 Å². The van der Waals surface area contributed by atoms with E-state index in [2.05, 4.69) is 5.32 Å². The van der Waals surface area contributed by atoms with E-state index < -0.39 is 11.7 Å². The second kappa shape index (κ2) is 8.18. The SMILES string of the molecule is CO[C@H]1CC[C@H](Nc2ccc(=N)n(C(=N)c3cccc(C(F)(F)F)c3)c2)CC1. The van der Waals surface area contributed by atoms with Crippen molar-refractivity contribution in [3.05, 3.63) is 59.2 Å². The third kappa shape index (κ3) is 4.62. The van der Waals surface area contributed by atoms with Crippen molar-refractivity contribution >= 4 is 11.5 Å². The van der Waals surface area contributed by atoms with Crippen LogP contribution in [0.4, 0.5) is 18.9 Å². The zero-order chi connectivity index (χ0) is 20.3. The normalized spacial score (nSPS) is 20.0. The second-order valence-corrected chi connectivity index (χ2v) is 6.95. The molecule has 8 heteroatoms. The number of nitrogens with one attached hydrogen (secondary N) is 3. The first kappa shape index (κ1) is 20.1. The first-order chi connectivity index (χ1) is 13.3. The maximum absolute atomic E-state index is 13.0. The number of pyridine rings is 1. The molecule has 0 spiro atoms. The topological polar surface area (TPSA) is 73.9 Å². The first-order valence-corrected chi connectivity index (χ1v) is 9.11. The quantitative estimate of drug-likeness (QED) is 0.538. The Bertz CT molecular complexity index is 899. The maximum atomic E-state index is 13.0. The average molecular weight is 392 g/mol. The van der Waals surface area contributed by atoms with Crippen LogP contribution in [-0.2, 0) is 10.9 Å². The predicted octanol–water partition coefficient (Wildman–Crippen LogP) is 4.23. The number of ether oxygens (including phenoxy) is 1. The standard InChI is InChI=1S/C20H23F3N4O/c1-28-17-8-5-15(6-9-17)26-16-7-10-18(24)27(12-16)19(25)13-3-2-4-14(11-13)20(21,22)23/h2-4,7,10-12,15,17,24-26H,5-6,8-9H2,1H3/t15-,17-. The van der Waals surface area contributed by atoms with Gasteiger partial charge in [0.2, 0.25) is 0 Å². The number of benzene rings is 1. The van der Waals surface area contributed by atoms with Gasteiger partial charge in [-0.1, -0.05) is 12.1 Å². The van der Waals surface area contributed by atoms with Crippen molar-refractivity contribution in [2.24, 2.45) is 0 Å². The molecular weight excluding hydrogens is 369 g/mol. The fraction of sp³-hybridized carbons (Fsp3) is 0.400.